The Labute approximate surface area is 172 Å². The van der Waals surface area contributed by atoms with Gasteiger partial charge in [0.1, 0.15) is 17.1 Å². The van der Waals surface area contributed by atoms with Crippen molar-refractivity contribution < 1.29 is 19.5 Å². The van der Waals surface area contributed by atoms with E-state index >= 15 is 0 Å². The van der Waals surface area contributed by atoms with E-state index in [1.165, 1.54) is 26.6 Å². The second kappa shape index (κ2) is 6.45. The molecule has 0 bridgehead atoms. The maximum atomic E-state index is 13.4. The van der Waals surface area contributed by atoms with E-state index in [1.807, 2.05) is 6.07 Å². The van der Waals surface area contributed by atoms with Gasteiger partial charge in [-0.15, -0.1) is 16.7 Å². The highest BCUT2D eigenvalue weighted by Gasteiger charge is 2.65. The largest absolute Gasteiger partial charge is 0.481 e. The Hall–Kier alpha value is -2.62. The fourth-order valence-electron chi connectivity index (χ4n) is 4.39. The number of amides is 2. The number of carbonyl (C=O) groups is 3. The van der Waals surface area contributed by atoms with E-state index in [0.29, 0.717) is 11.3 Å². The van der Waals surface area contributed by atoms with Crippen molar-refractivity contribution in [2.75, 3.05) is 12.3 Å². The summed E-state index contributed by atoms with van der Waals surface area (Å²) in [5, 5.41) is 13.5. The molecule has 0 radical (unpaired) electrons. The third-order valence-electron chi connectivity index (χ3n) is 6.07. The number of rotatable bonds is 4. The first-order valence-corrected chi connectivity index (χ1v) is 10.3. The summed E-state index contributed by atoms with van der Waals surface area (Å²) < 4.78 is 0. The topological polar surface area (TPSA) is 111 Å². The van der Waals surface area contributed by atoms with Crippen molar-refractivity contribution in [3.8, 4) is 0 Å². The van der Waals surface area contributed by atoms with Crippen molar-refractivity contribution in [3.05, 3.63) is 40.8 Å². The van der Waals surface area contributed by atoms with Crippen molar-refractivity contribution in [1.29, 1.82) is 0 Å². The molecule has 3 aliphatic rings. The van der Waals surface area contributed by atoms with Gasteiger partial charge in [0.05, 0.1) is 10.7 Å². The molecule has 2 amide bonds. The molecule has 1 aromatic rings. The Bertz CT molecular complexity index is 894. The first kappa shape index (κ1) is 19.7. The van der Waals surface area contributed by atoms with E-state index in [-0.39, 0.29) is 23.7 Å². The molecule has 1 N–H and O–H groups in total. The van der Waals surface area contributed by atoms with Gasteiger partial charge in [-0.1, -0.05) is 30.3 Å². The summed E-state index contributed by atoms with van der Waals surface area (Å²) in [5.41, 5.74) is -1.49. The molecule has 3 unspecified atom stereocenters. The number of benzene rings is 1. The van der Waals surface area contributed by atoms with E-state index in [2.05, 4.69) is 5.29 Å². The molecule has 3 saturated heterocycles. The maximum absolute atomic E-state index is 13.4. The third-order valence-corrected chi connectivity index (χ3v) is 7.73. The van der Waals surface area contributed by atoms with Crippen LogP contribution < -0.4 is 0 Å². The summed E-state index contributed by atoms with van der Waals surface area (Å²) in [5.74, 6) is -1.26. The summed E-state index contributed by atoms with van der Waals surface area (Å²) in [6.45, 7) is 5.11. The molecule has 4 rings (SSSR count). The van der Waals surface area contributed by atoms with Gasteiger partial charge in [-0.2, -0.15) is 0 Å². The summed E-state index contributed by atoms with van der Waals surface area (Å²) in [7, 11) is 0. The van der Waals surface area contributed by atoms with Crippen LogP contribution in [0.1, 0.15) is 32.4 Å². The van der Waals surface area contributed by atoms with Crippen molar-refractivity contribution in [1.82, 2.24) is 14.8 Å². The number of hydrogen-bond acceptors (Lipinski definition) is 6. The zero-order valence-electron chi connectivity index (χ0n) is 16.3. The minimum Gasteiger partial charge on any atom is -0.481 e. The average molecular weight is 418 g/mol. The molecule has 4 atom stereocenters. The fraction of sp³-hybridized carbons (Fsp3) is 0.526. The van der Waals surface area contributed by atoms with Crippen LogP contribution in [0.25, 0.3) is 0 Å². The van der Waals surface area contributed by atoms with Crippen molar-refractivity contribution >= 4 is 29.5 Å². The highest BCUT2D eigenvalue weighted by atomic mass is 32.2. The summed E-state index contributed by atoms with van der Waals surface area (Å²) in [6.07, 6.45) is 0. The SMILES string of the molecule is CC1(C(=O)O)CS[C@@H]2C(N3C(=O)C(c4ccccc4)N(N=O)C3(C)C)C(=O)N2C1. The van der Waals surface area contributed by atoms with Crippen LogP contribution in [0.5, 0.6) is 0 Å². The molecule has 0 aliphatic carbocycles. The minimum absolute atomic E-state index is 0.107. The predicted molar refractivity (Wildman–Crippen MR) is 105 cm³/mol. The lowest BCUT2D eigenvalue weighted by atomic mass is 9.89. The first-order chi connectivity index (χ1) is 13.6. The lowest BCUT2D eigenvalue weighted by Crippen LogP contribution is -2.75. The average Bonchev–Trinajstić information content (AvgIpc) is 2.88. The number of nitroso groups, excluding NO2 is 1. The van der Waals surface area contributed by atoms with E-state index in [9.17, 15) is 24.4 Å². The molecule has 0 saturated carbocycles. The minimum atomic E-state index is -1.10. The van der Waals surface area contributed by atoms with Gasteiger partial charge in [-0.3, -0.25) is 14.4 Å². The van der Waals surface area contributed by atoms with Crippen LogP contribution in [-0.2, 0) is 14.4 Å². The van der Waals surface area contributed by atoms with Crippen LogP contribution in [-0.4, -0.2) is 67.1 Å². The van der Waals surface area contributed by atoms with Crippen LogP contribution in [0.2, 0.25) is 0 Å². The molecule has 0 aromatic heterocycles. The quantitative estimate of drug-likeness (QED) is 0.585. The number of carbonyl (C=O) groups excluding carboxylic acids is 2. The summed E-state index contributed by atoms with van der Waals surface area (Å²) >= 11 is 1.36. The van der Waals surface area contributed by atoms with Crippen LogP contribution in [0, 0.1) is 10.3 Å². The molecule has 154 valence electrons. The van der Waals surface area contributed by atoms with Crippen LogP contribution in [0.15, 0.2) is 35.6 Å². The predicted octanol–water partition coefficient (Wildman–Crippen LogP) is 1.66. The molecule has 29 heavy (non-hydrogen) atoms. The molecule has 3 aliphatic heterocycles. The van der Waals surface area contributed by atoms with Gasteiger partial charge in [0.2, 0.25) is 5.91 Å². The Morgan fingerprint density at radius 1 is 1.17 bits per heavy atom. The van der Waals surface area contributed by atoms with E-state index in [1.54, 1.807) is 45.0 Å². The number of thioether (sulfide) groups is 1. The van der Waals surface area contributed by atoms with Gasteiger partial charge < -0.3 is 14.9 Å². The maximum Gasteiger partial charge on any atom is 0.312 e. The number of β-lactam (4-membered cyclic amide) rings is 1. The first-order valence-electron chi connectivity index (χ1n) is 9.30. The molecule has 0 spiro atoms. The van der Waals surface area contributed by atoms with Gasteiger partial charge >= 0.3 is 5.97 Å². The monoisotopic (exact) mass is 418 g/mol. The lowest BCUT2D eigenvalue weighted by molar-refractivity contribution is -0.170. The van der Waals surface area contributed by atoms with Crippen LogP contribution in [0.4, 0.5) is 0 Å². The molecule has 10 heteroatoms. The molecule has 9 nitrogen and oxygen atoms in total. The van der Waals surface area contributed by atoms with E-state index < -0.39 is 29.1 Å². The Kier molecular flexibility index (Phi) is 4.38. The Morgan fingerprint density at radius 2 is 1.83 bits per heavy atom. The number of aliphatic carboxylic acids is 1. The second-order valence-electron chi connectivity index (χ2n) is 8.42. The Morgan fingerprint density at radius 3 is 2.41 bits per heavy atom. The van der Waals surface area contributed by atoms with Crippen molar-refractivity contribution in [2.45, 2.75) is 43.9 Å². The van der Waals surface area contributed by atoms with E-state index in [4.69, 9.17) is 0 Å². The number of hydrogen-bond donors (Lipinski definition) is 1. The lowest BCUT2D eigenvalue weighted by Gasteiger charge is -2.57. The Balaban J connectivity index is 1.66. The van der Waals surface area contributed by atoms with Crippen LogP contribution in [0.3, 0.4) is 0 Å². The summed E-state index contributed by atoms with van der Waals surface area (Å²) in [4.78, 5) is 52.6. The summed E-state index contributed by atoms with van der Waals surface area (Å²) in [6, 6.07) is 7.23. The van der Waals surface area contributed by atoms with Crippen LogP contribution >= 0.6 is 11.8 Å². The zero-order chi connectivity index (χ0) is 21.1. The number of carboxylic acid groups (broad SMARTS) is 1. The van der Waals surface area contributed by atoms with E-state index in [0.717, 1.165) is 0 Å². The molecular weight excluding hydrogens is 396 g/mol. The molecule has 1 aromatic carbocycles. The molecular formula is C19H22N4O5S. The number of nitrogens with zero attached hydrogens (tertiary/aromatic N) is 4. The number of fused-ring (bicyclic) bond motifs is 1. The highest BCUT2D eigenvalue weighted by Crippen LogP contribution is 2.49. The van der Waals surface area contributed by atoms with Gasteiger partial charge in [0.15, 0.2) is 6.04 Å². The number of carboxylic acids is 1. The standard InChI is InChI=1S/C19H22N4O5S/c1-18(2)22(15(25)12(23(18)20-28)11-7-5-4-6-8-11)13-14(24)21-9-19(3,17(26)27)10-29-16(13)21/h4-8,12-13,16H,9-10H2,1-3H3,(H,26,27)/t12?,13?,16-,19?/m1/s1. The highest BCUT2D eigenvalue weighted by molar-refractivity contribution is 8.00. The third kappa shape index (κ3) is 2.65. The second-order valence-corrected chi connectivity index (χ2v) is 9.53. The molecule has 3 fully saturated rings. The normalized spacial score (nSPS) is 33.3. The van der Waals surface area contributed by atoms with Gasteiger partial charge in [0, 0.05) is 12.3 Å². The van der Waals surface area contributed by atoms with Crippen molar-refractivity contribution in [2.24, 2.45) is 10.7 Å². The fourth-order valence-corrected chi connectivity index (χ4v) is 5.92. The van der Waals surface area contributed by atoms with Gasteiger partial charge in [-0.05, 0) is 26.3 Å². The zero-order valence-corrected chi connectivity index (χ0v) is 17.1. The molecule has 3 heterocycles. The van der Waals surface area contributed by atoms with Gasteiger partial charge in [-0.25, -0.2) is 5.01 Å². The van der Waals surface area contributed by atoms with Gasteiger partial charge in [0.25, 0.3) is 5.91 Å². The van der Waals surface area contributed by atoms with Crippen molar-refractivity contribution in [3.63, 3.8) is 0 Å². The smallest absolute Gasteiger partial charge is 0.312 e.